The topological polar surface area (TPSA) is 24.5 Å². The van der Waals surface area contributed by atoms with E-state index < -0.39 is 0 Å². The van der Waals surface area contributed by atoms with E-state index in [1.54, 1.807) is 7.11 Å². The third kappa shape index (κ3) is 4.30. The van der Waals surface area contributed by atoms with Crippen LogP contribution in [0, 0.1) is 0 Å². The molecule has 1 heterocycles. The molecule has 0 radical (unpaired) electrons. The van der Waals surface area contributed by atoms with E-state index in [2.05, 4.69) is 34.5 Å². The molecule has 0 aliphatic carbocycles. The summed E-state index contributed by atoms with van der Waals surface area (Å²) in [6, 6.07) is 9.41. The van der Waals surface area contributed by atoms with Crippen LogP contribution in [-0.4, -0.2) is 38.2 Å². The van der Waals surface area contributed by atoms with Crippen molar-refractivity contribution >= 4 is 0 Å². The highest BCUT2D eigenvalue weighted by Gasteiger charge is 2.22. The Hall–Kier alpha value is -0.900. The zero-order valence-corrected chi connectivity index (χ0v) is 12.9. The molecule has 3 nitrogen and oxygen atoms in total. The fourth-order valence-electron chi connectivity index (χ4n) is 3.13. The Morgan fingerprint density at radius 2 is 2.05 bits per heavy atom. The summed E-state index contributed by atoms with van der Waals surface area (Å²) in [6.07, 6.45) is 5.31. The lowest BCUT2D eigenvalue weighted by atomic mass is 9.97. The molecule has 1 aromatic rings. The van der Waals surface area contributed by atoms with Crippen molar-refractivity contribution in [3.63, 3.8) is 0 Å². The Kier molecular flexibility index (Phi) is 6.51. The Morgan fingerprint density at radius 1 is 1.25 bits per heavy atom. The SMILES string of the molecule is CNCCC1CCCCN1Cc1ccccc1COC. The molecular weight excluding hydrogens is 248 g/mol. The molecule has 1 saturated heterocycles. The summed E-state index contributed by atoms with van der Waals surface area (Å²) in [5.41, 5.74) is 2.75. The normalized spacial score (nSPS) is 20.2. The van der Waals surface area contributed by atoms with Crippen molar-refractivity contribution in [2.45, 2.75) is 44.9 Å². The fraction of sp³-hybridized carbons (Fsp3) is 0.647. The van der Waals surface area contributed by atoms with E-state index in [4.69, 9.17) is 4.74 Å². The van der Waals surface area contributed by atoms with Crippen molar-refractivity contribution in [2.24, 2.45) is 0 Å². The van der Waals surface area contributed by atoms with Crippen LogP contribution in [0.3, 0.4) is 0 Å². The van der Waals surface area contributed by atoms with Gasteiger partial charge in [-0.25, -0.2) is 0 Å². The Balaban J connectivity index is 2.02. The van der Waals surface area contributed by atoms with Gasteiger partial charge in [-0.2, -0.15) is 0 Å². The lowest BCUT2D eigenvalue weighted by Gasteiger charge is -2.36. The molecule has 0 bridgehead atoms. The van der Waals surface area contributed by atoms with Gasteiger partial charge in [0.25, 0.3) is 0 Å². The first-order chi connectivity index (χ1) is 9.85. The van der Waals surface area contributed by atoms with Crippen LogP contribution in [0.4, 0.5) is 0 Å². The number of hydrogen-bond acceptors (Lipinski definition) is 3. The van der Waals surface area contributed by atoms with Gasteiger partial charge in [0.05, 0.1) is 6.61 Å². The number of piperidine rings is 1. The van der Waals surface area contributed by atoms with Crippen LogP contribution in [0.1, 0.15) is 36.8 Å². The molecule has 112 valence electrons. The first-order valence-electron chi connectivity index (χ1n) is 7.79. The summed E-state index contributed by atoms with van der Waals surface area (Å²) in [4.78, 5) is 2.66. The molecule has 1 unspecified atom stereocenters. The fourth-order valence-corrected chi connectivity index (χ4v) is 3.13. The second-order valence-corrected chi connectivity index (χ2v) is 5.71. The van der Waals surface area contributed by atoms with Gasteiger partial charge in [0.1, 0.15) is 0 Å². The number of nitrogens with one attached hydrogen (secondary N) is 1. The molecule has 3 heteroatoms. The van der Waals surface area contributed by atoms with Crippen LogP contribution in [0.15, 0.2) is 24.3 Å². The van der Waals surface area contributed by atoms with Crippen molar-refractivity contribution in [2.75, 3.05) is 27.2 Å². The van der Waals surface area contributed by atoms with Crippen LogP contribution in [0.5, 0.6) is 0 Å². The zero-order chi connectivity index (χ0) is 14.2. The monoisotopic (exact) mass is 276 g/mol. The minimum Gasteiger partial charge on any atom is -0.380 e. The average Bonchev–Trinajstić information content (AvgIpc) is 2.49. The highest BCUT2D eigenvalue weighted by Crippen LogP contribution is 2.23. The standard InChI is InChI=1S/C17H28N2O/c1-18-11-10-17-9-5-6-12-19(17)13-15-7-3-4-8-16(15)14-20-2/h3-4,7-8,17-18H,5-6,9-14H2,1-2H3. The summed E-state index contributed by atoms with van der Waals surface area (Å²) >= 11 is 0. The highest BCUT2D eigenvalue weighted by molar-refractivity contribution is 5.26. The maximum absolute atomic E-state index is 5.32. The quantitative estimate of drug-likeness (QED) is 0.829. The van der Waals surface area contributed by atoms with Crippen LogP contribution in [0.25, 0.3) is 0 Å². The van der Waals surface area contributed by atoms with Crippen LogP contribution >= 0.6 is 0 Å². The molecule has 0 saturated carbocycles. The van der Waals surface area contributed by atoms with Gasteiger partial charge < -0.3 is 10.1 Å². The molecule has 0 aromatic heterocycles. The second kappa shape index (κ2) is 8.40. The number of hydrogen-bond donors (Lipinski definition) is 1. The number of methoxy groups -OCH3 is 1. The minimum absolute atomic E-state index is 0.713. The molecule has 1 N–H and O–H groups in total. The molecule has 2 rings (SSSR count). The molecule has 1 atom stereocenters. The van der Waals surface area contributed by atoms with Crippen molar-refractivity contribution in [1.82, 2.24) is 10.2 Å². The molecule has 20 heavy (non-hydrogen) atoms. The van der Waals surface area contributed by atoms with E-state index in [1.165, 1.54) is 43.4 Å². The van der Waals surface area contributed by atoms with E-state index in [1.807, 2.05) is 7.05 Å². The van der Waals surface area contributed by atoms with Gasteiger partial charge in [-0.15, -0.1) is 0 Å². The van der Waals surface area contributed by atoms with E-state index in [0.717, 1.165) is 19.1 Å². The number of likely N-dealkylation sites (tertiary alicyclic amines) is 1. The second-order valence-electron chi connectivity index (χ2n) is 5.71. The number of rotatable bonds is 7. The smallest absolute Gasteiger partial charge is 0.0716 e. The molecule has 1 fully saturated rings. The van der Waals surface area contributed by atoms with Gasteiger partial charge >= 0.3 is 0 Å². The molecule has 1 aromatic carbocycles. The number of ether oxygens (including phenoxy) is 1. The van der Waals surface area contributed by atoms with Crippen molar-refractivity contribution in [3.05, 3.63) is 35.4 Å². The molecule has 0 amide bonds. The van der Waals surface area contributed by atoms with E-state index in [0.29, 0.717) is 6.61 Å². The van der Waals surface area contributed by atoms with Crippen molar-refractivity contribution < 1.29 is 4.74 Å². The highest BCUT2D eigenvalue weighted by atomic mass is 16.5. The summed E-state index contributed by atoms with van der Waals surface area (Å²) in [5, 5.41) is 3.28. The summed E-state index contributed by atoms with van der Waals surface area (Å²) in [6.45, 7) is 4.12. The molecule has 1 aliphatic heterocycles. The lowest BCUT2D eigenvalue weighted by Crippen LogP contribution is -2.40. The predicted octanol–water partition coefficient (Wildman–Crippen LogP) is 2.80. The zero-order valence-electron chi connectivity index (χ0n) is 12.9. The van der Waals surface area contributed by atoms with Gasteiger partial charge in [-0.05, 0) is 50.5 Å². The van der Waals surface area contributed by atoms with Gasteiger partial charge in [0.2, 0.25) is 0 Å². The van der Waals surface area contributed by atoms with Gasteiger partial charge in [0, 0.05) is 19.7 Å². The van der Waals surface area contributed by atoms with E-state index in [-0.39, 0.29) is 0 Å². The Morgan fingerprint density at radius 3 is 2.80 bits per heavy atom. The third-order valence-electron chi connectivity index (χ3n) is 4.27. The van der Waals surface area contributed by atoms with Gasteiger partial charge in [-0.3, -0.25) is 4.90 Å². The molecular formula is C17H28N2O. The van der Waals surface area contributed by atoms with E-state index in [9.17, 15) is 0 Å². The summed E-state index contributed by atoms with van der Waals surface area (Å²) < 4.78 is 5.32. The molecule has 1 aliphatic rings. The third-order valence-corrected chi connectivity index (χ3v) is 4.27. The summed E-state index contributed by atoms with van der Waals surface area (Å²) in [7, 11) is 3.81. The van der Waals surface area contributed by atoms with Crippen LogP contribution < -0.4 is 5.32 Å². The maximum Gasteiger partial charge on any atom is 0.0716 e. The number of nitrogens with zero attached hydrogens (tertiary/aromatic N) is 1. The largest absolute Gasteiger partial charge is 0.380 e. The Labute approximate surface area is 123 Å². The lowest BCUT2D eigenvalue weighted by molar-refractivity contribution is 0.130. The van der Waals surface area contributed by atoms with Crippen molar-refractivity contribution in [1.29, 1.82) is 0 Å². The van der Waals surface area contributed by atoms with E-state index >= 15 is 0 Å². The Bertz CT molecular complexity index is 394. The minimum atomic E-state index is 0.713. The van der Waals surface area contributed by atoms with Crippen LogP contribution in [0.2, 0.25) is 0 Å². The first kappa shape index (κ1) is 15.5. The number of benzene rings is 1. The predicted molar refractivity (Wildman–Crippen MR) is 83.7 cm³/mol. The maximum atomic E-state index is 5.32. The van der Waals surface area contributed by atoms with Gasteiger partial charge in [-0.1, -0.05) is 30.7 Å². The average molecular weight is 276 g/mol. The van der Waals surface area contributed by atoms with Gasteiger partial charge in [0.15, 0.2) is 0 Å². The van der Waals surface area contributed by atoms with Crippen molar-refractivity contribution in [3.8, 4) is 0 Å². The first-order valence-corrected chi connectivity index (χ1v) is 7.79. The molecule has 0 spiro atoms. The summed E-state index contributed by atoms with van der Waals surface area (Å²) in [5.74, 6) is 0. The van der Waals surface area contributed by atoms with Crippen LogP contribution in [-0.2, 0) is 17.9 Å².